The van der Waals surface area contributed by atoms with Gasteiger partial charge in [-0.15, -0.1) is 21.5 Å². The number of hydrogen-bond acceptors (Lipinski definition) is 6. The number of thioether (sulfide) groups is 1. The first-order valence-electron chi connectivity index (χ1n) is 12.6. The molecule has 1 aliphatic carbocycles. The number of fused-ring (bicyclic) bond motifs is 5. The molecule has 5 aromatic rings. The SMILES string of the molecule is CC(Sc1nnc2n(CCc3ccccc3)c(=O)c3c4c(sc3n12)CCCC4)C(=O)Nc1ccccc1. The summed E-state index contributed by atoms with van der Waals surface area (Å²) >= 11 is 3.04. The molecule has 37 heavy (non-hydrogen) atoms. The van der Waals surface area contributed by atoms with Crippen molar-refractivity contribution in [3.05, 3.63) is 87.0 Å². The lowest BCUT2D eigenvalue weighted by molar-refractivity contribution is -0.115. The molecule has 0 spiro atoms. The maximum Gasteiger partial charge on any atom is 0.263 e. The van der Waals surface area contributed by atoms with E-state index in [0.717, 1.165) is 48.0 Å². The maximum atomic E-state index is 13.9. The van der Waals surface area contributed by atoms with Crippen LogP contribution in [-0.2, 0) is 30.6 Å². The standard InChI is InChI=1S/C28H27N5O2S2/c1-18(24(34)29-20-12-6-3-7-13-20)36-28-31-30-27-32(17-16-19-10-4-2-5-11-19)25(35)23-21-14-8-9-15-22(21)37-26(23)33(27)28/h2-7,10-13,18H,8-9,14-17H2,1H3,(H,29,34). The van der Waals surface area contributed by atoms with Crippen molar-refractivity contribution in [2.75, 3.05) is 5.32 Å². The van der Waals surface area contributed by atoms with Crippen molar-refractivity contribution < 1.29 is 4.79 Å². The highest BCUT2D eigenvalue weighted by Crippen LogP contribution is 2.36. The summed E-state index contributed by atoms with van der Waals surface area (Å²) in [6.45, 7) is 2.38. The molecule has 0 bridgehead atoms. The Kier molecular flexibility index (Phi) is 6.56. The van der Waals surface area contributed by atoms with Crippen molar-refractivity contribution >= 4 is 50.7 Å². The summed E-state index contributed by atoms with van der Waals surface area (Å²) in [5, 5.41) is 12.9. The molecular formula is C28H27N5O2S2. The highest BCUT2D eigenvalue weighted by molar-refractivity contribution is 8.00. The van der Waals surface area contributed by atoms with Crippen LogP contribution in [-0.4, -0.2) is 30.3 Å². The number of nitrogens with zero attached hydrogens (tertiary/aromatic N) is 4. The van der Waals surface area contributed by atoms with E-state index in [9.17, 15) is 9.59 Å². The Bertz CT molecular complexity index is 1640. The number of aryl methyl sites for hydroxylation is 4. The topological polar surface area (TPSA) is 81.3 Å². The normalized spacial score (nSPS) is 14.1. The van der Waals surface area contributed by atoms with Gasteiger partial charge in [-0.05, 0) is 62.3 Å². The van der Waals surface area contributed by atoms with Gasteiger partial charge in [-0.1, -0.05) is 60.3 Å². The Morgan fingerprint density at radius 3 is 2.57 bits per heavy atom. The second-order valence-corrected chi connectivity index (χ2v) is 11.7. The van der Waals surface area contributed by atoms with E-state index in [2.05, 4.69) is 27.6 Å². The molecule has 0 fully saturated rings. The third-order valence-corrected chi connectivity index (χ3v) is 9.15. The Morgan fingerprint density at radius 1 is 1.05 bits per heavy atom. The fraction of sp³-hybridized carbons (Fsp3) is 0.286. The van der Waals surface area contributed by atoms with Crippen LogP contribution in [0.15, 0.2) is 70.6 Å². The largest absolute Gasteiger partial charge is 0.325 e. The number of para-hydroxylation sites is 1. The molecule has 0 aliphatic heterocycles. The van der Waals surface area contributed by atoms with Gasteiger partial charge in [0.1, 0.15) is 4.83 Å². The molecule has 2 aromatic carbocycles. The molecule has 1 atom stereocenters. The van der Waals surface area contributed by atoms with Crippen molar-refractivity contribution in [3.63, 3.8) is 0 Å². The van der Waals surface area contributed by atoms with E-state index < -0.39 is 5.25 Å². The predicted octanol–water partition coefficient (Wildman–Crippen LogP) is 5.35. The van der Waals surface area contributed by atoms with Crippen LogP contribution in [0.1, 0.15) is 35.8 Å². The van der Waals surface area contributed by atoms with Gasteiger partial charge in [0.25, 0.3) is 5.56 Å². The minimum Gasteiger partial charge on any atom is -0.325 e. The van der Waals surface area contributed by atoms with Gasteiger partial charge >= 0.3 is 0 Å². The monoisotopic (exact) mass is 529 g/mol. The second kappa shape index (κ2) is 10.1. The van der Waals surface area contributed by atoms with Gasteiger partial charge in [-0.2, -0.15) is 0 Å². The van der Waals surface area contributed by atoms with Crippen molar-refractivity contribution in [2.24, 2.45) is 0 Å². The smallest absolute Gasteiger partial charge is 0.263 e. The van der Waals surface area contributed by atoms with Crippen LogP contribution in [0.25, 0.3) is 16.0 Å². The number of benzene rings is 2. The minimum atomic E-state index is -0.401. The Balaban J connectivity index is 1.41. The molecule has 3 heterocycles. The average molecular weight is 530 g/mol. The van der Waals surface area contributed by atoms with Crippen molar-refractivity contribution in [1.82, 2.24) is 19.2 Å². The third-order valence-electron chi connectivity index (χ3n) is 6.83. The molecule has 0 saturated carbocycles. The van der Waals surface area contributed by atoms with Crippen molar-refractivity contribution in [1.29, 1.82) is 0 Å². The molecule has 0 radical (unpaired) electrons. The van der Waals surface area contributed by atoms with E-state index in [1.54, 1.807) is 15.9 Å². The molecule has 1 aliphatic rings. The summed E-state index contributed by atoms with van der Waals surface area (Å²) in [4.78, 5) is 29.0. The zero-order chi connectivity index (χ0) is 25.4. The number of hydrogen-bond donors (Lipinski definition) is 1. The van der Waals surface area contributed by atoms with Gasteiger partial charge < -0.3 is 5.32 Å². The van der Waals surface area contributed by atoms with Crippen molar-refractivity contribution in [2.45, 2.75) is 56.0 Å². The van der Waals surface area contributed by atoms with Crippen LogP contribution in [0.5, 0.6) is 0 Å². The van der Waals surface area contributed by atoms with Crippen LogP contribution < -0.4 is 10.9 Å². The molecule has 1 N–H and O–H groups in total. The number of nitrogens with one attached hydrogen (secondary N) is 1. The van der Waals surface area contributed by atoms with Crippen LogP contribution in [0, 0.1) is 0 Å². The van der Waals surface area contributed by atoms with Gasteiger partial charge in [0.05, 0.1) is 10.6 Å². The molecule has 9 heteroatoms. The number of thiophene rings is 1. The number of carbonyl (C=O) groups is 1. The number of anilines is 1. The number of carbonyl (C=O) groups excluding carboxylic acids is 1. The third kappa shape index (κ3) is 4.57. The fourth-order valence-corrected chi connectivity index (χ4v) is 7.20. The van der Waals surface area contributed by atoms with Crippen LogP contribution in [0.3, 0.4) is 0 Å². The van der Waals surface area contributed by atoms with Crippen LogP contribution in [0.2, 0.25) is 0 Å². The lowest BCUT2D eigenvalue weighted by atomic mass is 9.97. The van der Waals surface area contributed by atoms with E-state index in [4.69, 9.17) is 0 Å². The summed E-state index contributed by atoms with van der Waals surface area (Å²) in [5.41, 5.74) is 3.12. The molecule has 7 nitrogen and oxygen atoms in total. The molecule has 1 amide bonds. The summed E-state index contributed by atoms with van der Waals surface area (Å²) in [5.74, 6) is 0.428. The Morgan fingerprint density at radius 2 is 1.78 bits per heavy atom. The highest BCUT2D eigenvalue weighted by Gasteiger charge is 2.26. The van der Waals surface area contributed by atoms with Gasteiger partial charge in [-0.25, -0.2) is 4.40 Å². The quantitative estimate of drug-likeness (QED) is 0.288. The molecule has 3 aromatic heterocycles. The van der Waals surface area contributed by atoms with Crippen LogP contribution in [0.4, 0.5) is 5.69 Å². The summed E-state index contributed by atoms with van der Waals surface area (Å²) in [6, 6.07) is 19.6. The Hall–Kier alpha value is -3.43. The van der Waals surface area contributed by atoms with Gasteiger partial charge in [0, 0.05) is 17.1 Å². The predicted molar refractivity (Wildman–Crippen MR) is 150 cm³/mol. The van der Waals surface area contributed by atoms with Gasteiger partial charge in [0.15, 0.2) is 5.16 Å². The first-order chi connectivity index (χ1) is 18.1. The minimum absolute atomic E-state index is 0.0108. The summed E-state index contributed by atoms with van der Waals surface area (Å²) < 4.78 is 3.77. The van der Waals surface area contributed by atoms with E-state index in [-0.39, 0.29) is 11.5 Å². The Labute approximate surface area is 222 Å². The van der Waals surface area contributed by atoms with E-state index in [1.165, 1.54) is 27.8 Å². The summed E-state index contributed by atoms with van der Waals surface area (Å²) in [7, 11) is 0. The van der Waals surface area contributed by atoms with Crippen LogP contribution >= 0.6 is 23.1 Å². The number of amides is 1. The zero-order valence-electron chi connectivity index (χ0n) is 20.5. The molecule has 188 valence electrons. The molecule has 6 rings (SSSR count). The second-order valence-electron chi connectivity index (χ2n) is 9.32. The lowest BCUT2D eigenvalue weighted by Crippen LogP contribution is -2.25. The number of rotatable bonds is 7. The van der Waals surface area contributed by atoms with E-state index >= 15 is 0 Å². The highest BCUT2D eigenvalue weighted by atomic mass is 32.2. The van der Waals surface area contributed by atoms with Gasteiger partial charge in [-0.3, -0.25) is 14.2 Å². The molecule has 0 saturated heterocycles. The van der Waals surface area contributed by atoms with Crippen molar-refractivity contribution in [3.8, 4) is 0 Å². The first kappa shape index (κ1) is 23.9. The average Bonchev–Trinajstić information content (AvgIpc) is 3.51. The first-order valence-corrected chi connectivity index (χ1v) is 14.3. The zero-order valence-corrected chi connectivity index (χ0v) is 22.1. The number of aromatic nitrogens is 4. The fourth-order valence-electron chi connectivity index (χ4n) is 4.91. The van der Waals surface area contributed by atoms with E-state index in [0.29, 0.717) is 17.5 Å². The molecule has 1 unspecified atom stereocenters. The molecular weight excluding hydrogens is 502 g/mol. The maximum absolute atomic E-state index is 13.9. The van der Waals surface area contributed by atoms with E-state index in [1.807, 2.05) is 59.9 Å². The lowest BCUT2D eigenvalue weighted by Gasteiger charge is -2.13. The van der Waals surface area contributed by atoms with Gasteiger partial charge in [0.2, 0.25) is 11.7 Å². The summed E-state index contributed by atoms with van der Waals surface area (Å²) in [6.07, 6.45) is 4.89.